The normalized spacial score (nSPS) is 13.9. The Bertz CT molecular complexity index is 495. The van der Waals surface area contributed by atoms with Gasteiger partial charge in [-0.15, -0.1) is 0 Å². The van der Waals surface area contributed by atoms with Gasteiger partial charge in [0.2, 0.25) is 5.91 Å². The number of hydrogen-bond donors (Lipinski definition) is 1. The summed E-state index contributed by atoms with van der Waals surface area (Å²) in [6.07, 6.45) is -3.62. The average molecular weight is 301 g/mol. The van der Waals surface area contributed by atoms with Gasteiger partial charge in [-0.05, 0) is 18.1 Å². The maximum absolute atomic E-state index is 12.8. The molecule has 1 N–H and O–H groups in total. The fraction of sp³-hybridized carbons (Fsp3) is 0.562. The predicted octanol–water partition coefficient (Wildman–Crippen LogP) is 4.15. The van der Waals surface area contributed by atoms with E-state index in [1.807, 2.05) is 27.7 Å². The topological polar surface area (TPSA) is 29.1 Å². The van der Waals surface area contributed by atoms with Crippen LogP contribution in [-0.2, 0) is 16.4 Å². The molecule has 21 heavy (non-hydrogen) atoms. The van der Waals surface area contributed by atoms with Crippen molar-refractivity contribution in [2.45, 2.75) is 45.7 Å². The van der Waals surface area contributed by atoms with Gasteiger partial charge in [-0.3, -0.25) is 4.79 Å². The van der Waals surface area contributed by atoms with E-state index < -0.39 is 17.2 Å². The van der Waals surface area contributed by atoms with E-state index in [1.165, 1.54) is 6.07 Å². The molecule has 1 aromatic carbocycles. The third-order valence-electron chi connectivity index (χ3n) is 3.74. The van der Waals surface area contributed by atoms with Gasteiger partial charge in [0.1, 0.15) is 0 Å². The Morgan fingerprint density at radius 1 is 1.24 bits per heavy atom. The fourth-order valence-electron chi connectivity index (χ4n) is 1.89. The van der Waals surface area contributed by atoms with Gasteiger partial charge in [-0.2, -0.15) is 13.2 Å². The number of benzene rings is 1. The lowest BCUT2D eigenvalue weighted by Gasteiger charge is -2.27. The third kappa shape index (κ3) is 4.76. The minimum Gasteiger partial charge on any atom is -0.355 e. The molecule has 1 unspecified atom stereocenters. The Labute approximate surface area is 123 Å². The summed E-state index contributed by atoms with van der Waals surface area (Å²) in [5.74, 6) is -0.167. The van der Waals surface area contributed by atoms with E-state index in [0.717, 1.165) is 18.6 Å². The van der Waals surface area contributed by atoms with Gasteiger partial charge in [0, 0.05) is 17.9 Å². The number of carbonyl (C=O) groups excluding carboxylic acids is 1. The van der Waals surface area contributed by atoms with Crippen LogP contribution >= 0.6 is 0 Å². The molecule has 118 valence electrons. The lowest BCUT2D eigenvalue weighted by molar-refractivity contribution is -0.137. The summed E-state index contributed by atoms with van der Waals surface area (Å²) in [6.45, 7) is 7.69. The van der Waals surface area contributed by atoms with E-state index >= 15 is 0 Å². The first kappa shape index (κ1) is 17.5. The van der Waals surface area contributed by atoms with Crippen LogP contribution in [0.4, 0.5) is 13.2 Å². The molecule has 0 heterocycles. The van der Waals surface area contributed by atoms with Crippen molar-refractivity contribution in [1.82, 2.24) is 5.32 Å². The van der Waals surface area contributed by atoms with E-state index in [0.29, 0.717) is 12.1 Å². The Kier molecular flexibility index (Phi) is 5.42. The van der Waals surface area contributed by atoms with E-state index in [-0.39, 0.29) is 11.8 Å². The number of hydrogen-bond acceptors (Lipinski definition) is 1. The van der Waals surface area contributed by atoms with Crippen molar-refractivity contribution in [3.8, 4) is 0 Å². The van der Waals surface area contributed by atoms with Gasteiger partial charge in [0.25, 0.3) is 0 Å². The Hall–Kier alpha value is -1.52. The van der Waals surface area contributed by atoms with Gasteiger partial charge in [0.15, 0.2) is 0 Å². The van der Waals surface area contributed by atoms with Gasteiger partial charge < -0.3 is 5.32 Å². The fourth-order valence-corrected chi connectivity index (χ4v) is 1.89. The molecule has 0 aliphatic rings. The van der Waals surface area contributed by atoms with Crippen molar-refractivity contribution in [3.05, 3.63) is 35.4 Å². The number of alkyl halides is 3. The predicted molar refractivity (Wildman–Crippen MR) is 76.9 cm³/mol. The molecule has 1 aromatic rings. The molecule has 0 saturated carbocycles. The molecule has 0 aliphatic carbocycles. The summed E-state index contributed by atoms with van der Waals surface area (Å²) < 4.78 is 38.3. The maximum atomic E-state index is 12.8. The van der Waals surface area contributed by atoms with E-state index in [4.69, 9.17) is 0 Å². The number of amides is 1. The van der Waals surface area contributed by atoms with E-state index in [9.17, 15) is 18.0 Å². The highest BCUT2D eigenvalue weighted by molar-refractivity contribution is 5.78. The van der Waals surface area contributed by atoms with Crippen molar-refractivity contribution < 1.29 is 18.0 Å². The maximum Gasteiger partial charge on any atom is 0.416 e. The molecule has 2 nitrogen and oxygen atoms in total. The molecular weight excluding hydrogens is 279 g/mol. The largest absolute Gasteiger partial charge is 0.416 e. The molecule has 0 fully saturated rings. The summed E-state index contributed by atoms with van der Waals surface area (Å²) in [7, 11) is 0. The van der Waals surface area contributed by atoms with E-state index in [2.05, 4.69) is 5.32 Å². The van der Waals surface area contributed by atoms with Crippen LogP contribution in [0.5, 0.6) is 0 Å². The first-order valence-electron chi connectivity index (χ1n) is 7.03. The van der Waals surface area contributed by atoms with Crippen molar-refractivity contribution in [2.75, 3.05) is 6.54 Å². The summed E-state index contributed by atoms with van der Waals surface area (Å²) in [6, 6.07) is 5.26. The number of nitrogens with one attached hydrogen (secondary N) is 1. The Morgan fingerprint density at radius 2 is 1.81 bits per heavy atom. The highest BCUT2D eigenvalue weighted by atomic mass is 19.4. The first-order valence-corrected chi connectivity index (χ1v) is 7.03. The van der Waals surface area contributed by atoms with Gasteiger partial charge in [0.05, 0.1) is 5.56 Å². The smallest absolute Gasteiger partial charge is 0.355 e. The second-order valence-electron chi connectivity index (χ2n) is 5.99. The van der Waals surface area contributed by atoms with Gasteiger partial charge in [-0.25, -0.2) is 0 Å². The molecule has 0 bridgehead atoms. The van der Waals surface area contributed by atoms with Crippen LogP contribution in [0.3, 0.4) is 0 Å². The van der Waals surface area contributed by atoms with Crippen molar-refractivity contribution in [2.24, 2.45) is 5.92 Å². The van der Waals surface area contributed by atoms with Crippen LogP contribution in [0, 0.1) is 5.92 Å². The Morgan fingerprint density at radius 3 is 2.33 bits per heavy atom. The van der Waals surface area contributed by atoms with Gasteiger partial charge in [-0.1, -0.05) is 45.9 Å². The lowest BCUT2D eigenvalue weighted by Crippen LogP contribution is -2.39. The monoisotopic (exact) mass is 301 g/mol. The van der Waals surface area contributed by atoms with Crippen LogP contribution in [0.25, 0.3) is 0 Å². The molecule has 0 spiro atoms. The van der Waals surface area contributed by atoms with Crippen molar-refractivity contribution in [3.63, 3.8) is 0 Å². The molecule has 0 aliphatic heterocycles. The molecule has 1 amide bonds. The Balaban J connectivity index is 2.85. The highest BCUT2D eigenvalue weighted by Crippen LogP contribution is 2.32. The zero-order valence-corrected chi connectivity index (χ0v) is 12.8. The quantitative estimate of drug-likeness (QED) is 0.870. The second-order valence-corrected chi connectivity index (χ2v) is 5.99. The number of rotatable bonds is 5. The summed E-state index contributed by atoms with van der Waals surface area (Å²) in [5, 5.41) is 2.81. The summed E-state index contributed by atoms with van der Waals surface area (Å²) >= 11 is 0. The molecule has 1 rings (SSSR count). The zero-order valence-electron chi connectivity index (χ0n) is 12.8. The standard InChI is InChI=1S/C16H22F3NO/c1-5-11(2)14(21)20-10-15(3,4)12-7-6-8-13(9-12)16(17,18)19/h6-9,11H,5,10H2,1-4H3,(H,20,21). The van der Waals surface area contributed by atoms with Crippen LogP contribution < -0.4 is 5.32 Å². The molecule has 0 radical (unpaired) electrons. The van der Waals surface area contributed by atoms with Crippen molar-refractivity contribution in [1.29, 1.82) is 0 Å². The third-order valence-corrected chi connectivity index (χ3v) is 3.74. The minimum absolute atomic E-state index is 0.0717. The molecule has 5 heteroatoms. The van der Waals surface area contributed by atoms with Crippen LogP contribution in [0.1, 0.15) is 45.2 Å². The van der Waals surface area contributed by atoms with Crippen LogP contribution in [0.15, 0.2) is 24.3 Å². The molecule has 0 aromatic heterocycles. The summed E-state index contributed by atoms with van der Waals surface area (Å²) in [4.78, 5) is 11.8. The second kappa shape index (κ2) is 6.50. The van der Waals surface area contributed by atoms with Crippen molar-refractivity contribution >= 4 is 5.91 Å². The highest BCUT2D eigenvalue weighted by Gasteiger charge is 2.32. The SMILES string of the molecule is CCC(C)C(=O)NCC(C)(C)c1cccc(C(F)(F)F)c1. The zero-order chi connectivity index (χ0) is 16.3. The minimum atomic E-state index is -4.36. The first-order chi connectivity index (χ1) is 9.58. The number of halogens is 3. The number of carbonyl (C=O) groups is 1. The lowest BCUT2D eigenvalue weighted by atomic mass is 9.83. The van der Waals surface area contributed by atoms with Crippen LogP contribution in [-0.4, -0.2) is 12.5 Å². The van der Waals surface area contributed by atoms with Gasteiger partial charge >= 0.3 is 6.18 Å². The molecule has 0 saturated heterocycles. The molecule has 1 atom stereocenters. The summed E-state index contributed by atoms with van der Waals surface area (Å²) in [5.41, 5.74) is -0.673. The van der Waals surface area contributed by atoms with Crippen LogP contribution in [0.2, 0.25) is 0 Å². The van der Waals surface area contributed by atoms with E-state index in [1.54, 1.807) is 6.07 Å². The molecular formula is C16H22F3NO. The average Bonchev–Trinajstić information content (AvgIpc) is 2.43.